The fraction of sp³-hybridized carbons (Fsp3) is 0.538. The molecule has 166 valence electrons. The van der Waals surface area contributed by atoms with Gasteiger partial charge in [-0.05, 0) is 47.9 Å². The third kappa shape index (κ3) is 8.10. The topological polar surface area (TPSA) is 37.6 Å². The number of benzene rings is 1. The van der Waals surface area contributed by atoms with E-state index >= 15 is 0 Å². The lowest BCUT2D eigenvalue weighted by Crippen LogP contribution is -2.34. The van der Waals surface area contributed by atoms with E-state index in [1.165, 1.54) is 16.8 Å². The zero-order valence-electron chi connectivity index (χ0n) is 19.3. The first kappa shape index (κ1) is 24.4. The predicted molar refractivity (Wildman–Crippen MR) is 126 cm³/mol. The quantitative estimate of drug-likeness (QED) is 0.372. The minimum absolute atomic E-state index is 0.173. The fourth-order valence-electron chi connectivity index (χ4n) is 3.65. The highest BCUT2D eigenvalue weighted by Gasteiger charge is 2.15. The standard InChI is InChI=1S/C26H40N2O2/c1-6-7-11-25(29)21-27(16-9-18-30-5)20-24-10-8-17-28(24)19-22-12-14-23(15-13-22)26(2,3)4/h6,8,10,12-15,17,25,29H,1,7,9,11,16,18-21H2,2-5H3. The summed E-state index contributed by atoms with van der Waals surface area (Å²) < 4.78 is 7.54. The van der Waals surface area contributed by atoms with Crippen molar-refractivity contribution in [2.45, 2.75) is 64.6 Å². The van der Waals surface area contributed by atoms with Crippen LogP contribution in [0.4, 0.5) is 0 Å². The molecule has 0 saturated heterocycles. The number of allylic oxidation sites excluding steroid dienone is 1. The van der Waals surface area contributed by atoms with Gasteiger partial charge in [0.25, 0.3) is 0 Å². The van der Waals surface area contributed by atoms with Crippen LogP contribution in [0.3, 0.4) is 0 Å². The van der Waals surface area contributed by atoms with E-state index < -0.39 is 0 Å². The molecule has 0 aliphatic heterocycles. The fourth-order valence-corrected chi connectivity index (χ4v) is 3.65. The van der Waals surface area contributed by atoms with Crippen molar-refractivity contribution in [3.05, 3.63) is 72.1 Å². The number of aliphatic hydroxyl groups excluding tert-OH is 1. The Bertz CT molecular complexity index is 743. The molecule has 4 nitrogen and oxygen atoms in total. The molecule has 0 spiro atoms. The second-order valence-corrected chi connectivity index (χ2v) is 9.18. The Morgan fingerprint density at radius 2 is 1.93 bits per heavy atom. The Morgan fingerprint density at radius 3 is 2.57 bits per heavy atom. The minimum atomic E-state index is -0.334. The van der Waals surface area contributed by atoms with Gasteiger partial charge in [0.15, 0.2) is 0 Å². The van der Waals surface area contributed by atoms with Gasteiger partial charge in [-0.2, -0.15) is 0 Å². The van der Waals surface area contributed by atoms with E-state index in [0.717, 1.165) is 45.5 Å². The monoisotopic (exact) mass is 412 g/mol. The Labute approximate surface area is 183 Å². The maximum atomic E-state index is 10.4. The SMILES string of the molecule is C=CCCC(O)CN(CCCOC)Cc1cccn1Cc1ccc(C(C)(C)C)cc1. The molecule has 0 bridgehead atoms. The smallest absolute Gasteiger partial charge is 0.0670 e. The van der Waals surface area contributed by atoms with E-state index in [4.69, 9.17) is 4.74 Å². The summed E-state index contributed by atoms with van der Waals surface area (Å²) in [4.78, 5) is 2.33. The molecule has 2 rings (SSSR count). The second kappa shape index (κ2) is 12.1. The first-order valence-electron chi connectivity index (χ1n) is 11.1. The van der Waals surface area contributed by atoms with E-state index in [0.29, 0.717) is 6.54 Å². The molecule has 1 heterocycles. The van der Waals surface area contributed by atoms with Gasteiger partial charge in [0.05, 0.1) is 6.10 Å². The number of hydrogen-bond donors (Lipinski definition) is 1. The first-order valence-corrected chi connectivity index (χ1v) is 11.1. The molecule has 4 heteroatoms. The molecule has 30 heavy (non-hydrogen) atoms. The number of hydrogen-bond acceptors (Lipinski definition) is 3. The Balaban J connectivity index is 2.04. The van der Waals surface area contributed by atoms with Crippen molar-refractivity contribution in [3.63, 3.8) is 0 Å². The van der Waals surface area contributed by atoms with Gasteiger partial charge in [-0.25, -0.2) is 0 Å². The van der Waals surface area contributed by atoms with E-state index in [9.17, 15) is 5.11 Å². The van der Waals surface area contributed by atoms with Crippen LogP contribution in [-0.4, -0.2) is 47.5 Å². The molecule has 0 amide bonds. The van der Waals surface area contributed by atoms with Gasteiger partial charge in [0.1, 0.15) is 0 Å². The van der Waals surface area contributed by atoms with Crippen molar-refractivity contribution in [2.24, 2.45) is 0 Å². The molecule has 2 aromatic rings. The Kier molecular flexibility index (Phi) is 9.83. The van der Waals surface area contributed by atoms with Crippen molar-refractivity contribution >= 4 is 0 Å². The van der Waals surface area contributed by atoms with Gasteiger partial charge < -0.3 is 14.4 Å². The van der Waals surface area contributed by atoms with Crippen LogP contribution < -0.4 is 0 Å². The normalized spacial score (nSPS) is 13.0. The molecular formula is C26H40N2O2. The molecule has 0 fully saturated rings. The number of aromatic nitrogens is 1. The van der Waals surface area contributed by atoms with Crippen LogP contribution in [0.2, 0.25) is 0 Å². The van der Waals surface area contributed by atoms with Gasteiger partial charge in [-0.3, -0.25) is 4.90 Å². The molecule has 0 aliphatic carbocycles. The molecular weight excluding hydrogens is 372 g/mol. The molecule has 0 radical (unpaired) electrons. The lowest BCUT2D eigenvalue weighted by molar-refractivity contribution is 0.0930. The highest BCUT2D eigenvalue weighted by atomic mass is 16.5. The molecule has 0 aliphatic rings. The van der Waals surface area contributed by atoms with Gasteiger partial charge in [-0.15, -0.1) is 6.58 Å². The van der Waals surface area contributed by atoms with Crippen LogP contribution in [0.5, 0.6) is 0 Å². The Hall–Kier alpha value is -1.88. The predicted octanol–water partition coefficient (Wildman–Crippen LogP) is 5.00. The number of rotatable bonds is 13. The zero-order chi connectivity index (χ0) is 22.0. The van der Waals surface area contributed by atoms with Crippen molar-refractivity contribution < 1.29 is 9.84 Å². The van der Waals surface area contributed by atoms with Crippen LogP contribution in [0.15, 0.2) is 55.3 Å². The lowest BCUT2D eigenvalue weighted by atomic mass is 9.87. The summed E-state index contributed by atoms with van der Waals surface area (Å²) in [5.41, 5.74) is 4.10. The maximum Gasteiger partial charge on any atom is 0.0670 e. The van der Waals surface area contributed by atoms with Crippen LogP contribution >= 0.6 is 0 Å². The average molecular weight is 413 g/mol. The number of aliphatic hydroxyl groups is 1. The second-order valence-electron chi connectivity index (χ2n) is 9.18. The molecule has 1 aromatic heterocycles. The first-order chi connectivity index (χ1) is 14.3. The van der Waals surface area contributed by atoms with Crippen molar-refractivity contribution in [2.75, 3.05) is 26.8 Å². The minimum Gasteiger partial charge on any atom is -0.392 e. The van der Waals surface area contributed by atoms with Crippen LogP contribution in [0, 0.1) is 0 Å². The molecule has 1 aromatic carbocycles. The molecule has 0 saturated carbocycles. The third-order valence-corrected chi connectivity index (χ3v) is 5.48. The largest absolute Gasteiger partial charge is 0.392 e. The zero-order valence-corrected chi connectivity index (χ0v) is 19.3. The van der Waals surface area contributed by atoms with Crippen LogP contribution in [0.25, 0.3) is 0 Å². The van der Waals surface area contributed by atoms with Gasteiger partial charge in [-0.1, -0.05) is 51.1 Å². The molecule has 1 atom stereocenters. The van der Waals surface area contributed by atoms with E-state index in [1.54, 1.807) is 7.11 Å². The highest BCUT2D eigenvalue weighted by molar-refractivity contribution is 5.28. The maximum absolute atomic E-state index is 10.4. The summed E-state index contributed by atoms with van der Waals surface area (Å²) in [5.74, 6) is 0. The van der Waals surface area contributed by atoms with Gasteiger partial charge >= 0.3 is 0 Å². The summed E-state index contributed by atoms with van der Waals surface area (Å²) in [6.45, 7) is 14.5. The van der Waals surface area contributed by atoms with Crippen LogP contribution in [-0.2, 0) is 23.2 Å². The van der Waals surface area contributed by atoms with Crippen molar-refractivity contribution in [1.29, 1.82) is 0 Å². The summed E-state index contributed by atoms with van der Waals surface area (Å²) >= 11 is 0. The summed E-state index contributed by atoms with van der Waals surface area (Å²) in [6.07, 6.45) is 6.24. The molecule has 1 unspecified atom stereocenters. The van der Waals surface area contributed by atoms with E-state index in [2.05, 4.69) is 79.4 Å². The summed E-state index contributed by atoms with van der Waals surface area (Å²) in [6, 6.07) is 13.2. The number of ether oxygens (including phenoxy) is 1. The van der Waals surface area contributed by atoms with Gasteiger partial charge in [0, 0.05) is 51.8 Å². The number of methoxy groups -OCH3 is 1. The summed E-state index contributed by atoms with van der Waals surface area (Å²) in [5, 5.41) is 10.4. The van der Waals surface area contributed by atoms with E-state index in [1.807, 2.05) is 6.08 Å². The molecule has 1 N–H and O–H groups in total. The third-order valence-electron chi connectivity index (χ3n) is 5.48. The lowest BCUT2D eigenvalue weighted by Gasteiger charge is -2.26. The van der Waals surface area contributed by atoms with Crippen molar-refractivity contribution in [1.82, 2.24) is 9.47 Å². The highest BCUT2D eigenvalue weighted by Crippen LogP contribution is 2.22. The average Bonchev–Trinajstić information content (AvgIpc) is 3.12. The van der Waals surface area contributed by atoms with E-state index in [-0.39, 0.29) is 11.5 Å². The van der Waals surface area contributed by atoms with Gasteiger partial charge in [0.2, 0.25) is 0 Å². The van der Waals surface area contributed by atoms with Crippen molar-refractivity contribution in [3.8, 4) is 0 Å². The number of nitrogens with zero attached hydrogens (tertiary/aromatic N) is 2. The Morgan fingerprint density at radius 1 is 1.20 bits per heavy atom. The van der Waals surface area contributed by atoms with Crippen LogP contribution in [0.1, 0.15) is 56.9 Å². The summed E-state index contributed by atoms with van der Waals surface area (Å²) in [7, 11) is 1.74.